The summed E-state index contributed by atoms with van der Waals surface area (Å²) in [5.41, 5.74) is 4.50. The van der Waals surface area contributed by atoms with Crippen LogP contribution in [0.3, 0.4) is 0 Å². The molecule has 0 aliphatic rings. The first-order valence-corrected chi connectivity index (χ1v) is 6.95. The fourth-order valence-corrected chi connectivity index (χ4v) is 1.59. The molecule has 1 aromatic rings. The van der Waals surface area contributed by atoms with Crippen LogP contribution in [0, 0.1) is 5.92 Å². The number of benzene rings is 1. The van der Waals surface area contributed by atoms with Gasteiger partial charge in [0, 0.05) is 11.6 Å². The fourth-order valence-electron chi connectivity index (χ4n) is 1.59. The Morgan fingerprint density at radius 3 is 1.80 bits per heavy atom. The lowest BCUT2D eigenvalue weighted by atomic mass is 9.93. The number of aliphatic hydroxyl groups is 1. The van der Waals surface area contributed by atoms with Gasteiger partial charge in [-0.15, -0.1) is 0 Å². The lowest BCUT2D eigenvalue weighted by molar-refractivity contribution is 0.0214. The second-order valence-corrected chi connectivity index (χ2v) is 5.60. The van der Waals surface area contributed by atoms with Gasteiger partial charge < -0.3 is 15.3 Å². The predicted octanol–water partition coefficient (Wildman–Crippen LogP) is 0.595. The van der Waals surface area contributed by atoms with Crippen LogP contribution in [0.15, 0.2) is 18.2 Å². The maximum Gasteiger partial charge on any atom is 0.394 e. The molecule has 116 valence electrons. The van der Waals surface area contributed by atoms with Gasteiger partial charge in [0.15, 0.2) is 0 Å². The molecule has 0 aromatic heterocycles. The van der Waals surface area contributed by atoms with E-state index in [0.29, 0.717) is 12.0 Å². The molecule has 7 N–H and O–H groups in total. The molecular formula is C11H19NO7S. The first-order valence-electron chi connectivity index (χ1n) is 5.56. The molecule has 0 fully saturated rings. The predicted molar refractivity (Wildman–Crippen MR) is 71.5 cm³/mol. The fraction of sp³-hybridized carbons (Fsp3) is 0.455. The lowest BCUT2D eigenvalue weighted by Crippen LogP contribution is -2.37. The van der Waals surface area contributed by atoms with E-state index in [0.717, 1.165) is 0 Å². The normalized spacial score (nSPS) is 14.3. The highest BCUT2D eigenvalue weighted by Crippen LogP contribution is 2.29. The Hall–Kier alpha value is -1.39. The smallest absolute Gasteiger partial charge is 0.394 e. The molecule has 0 amide bonds. The average molecular weight is 309 g/mol. The van der Waals surface area contributed by atoms with E-state index in [1.54, 1.807) is 0 Å². The average Bonchev–Trinajstić information content (AvgIpc) is 2.10. The highest BCUT2D eigenvalue weighted by molar-refractivity contribution is 7.79. The summed E-state index contributed by atoms with van der Waals surface area (Å²) in [6.45, 7) is 3.86. The van der Waals surface area contributed by atoms with Crippen molar-refractivity contribution in [2.45, 2.75) is 26.0 Å². The highest BCUT2D eigenvalue weighted by atomic mass is 32.3. The molecule has 9 heteroatoms. The molecule has 1 aromatic carbocycles. The largest absolute Gasteiger partial charge is 0.508 e. The molecule has 0 aliphatic carbocycles. The van der Waals surface area contributed by atoms with Gasteiger partial charge in [-0.1, -0.05) is 13.8 Å². The number of phenolic OH excluding ortho intramolecular Hbond substituents is 2. The number of hydrogen-bond acceptors (Lipinski definition) is 6. The van der Waals surface area contributed by atoms with Crippen LogP contribution >= 0.6 is 0 Å². The maximum atomic E-state index is 9.96. The van der Waals surface area contributed by atoms with Crippen LogP contribution in [0.5, 0.6) is 11.5 Å². The Labute approximate surface area is 117 Å². The number of nitrogens with two attached hydrogens (primary N) is 1. The van der Waals surface area contributed by atoms with Crippen LogP contribution in [0.4, 0.5) is 0 Å². The molecule has 0 bridgehead atoms. The van der Waals surface area contributed by atoms with Gasteiger partial charge in [0.25, 0.3) is 0 Å². The third kappa shape index (κ3) is 8.67. The summed E-state index contributed by atoms with van der Waals surface area (Å²) in [5, 5.41) is 28.5. The van der Waals surface area contributed by atoms with E-state index in [1.165, 1.54) is 18.2 Å². The van der Waals surface area contributed by atoms with Crippen LogP contribution in [-0.2, 0) is 16.1 Å². The molecule has 0 radical (unpaired) electrons. The molecule has 0 heterocycles. The van der Waals surface area contributed by atoms with E-state index in [-0.39, 0.29) is 17.4 Å². The van der Waals surface area contributed by atoms with E-state index in [9.17, 15) is 15.3 Å². The molecule has 1 unspecified atom stereocenters. The number of aromatic hydroxyl groups is 2. The SMILES string of the molecule is CC(C)CC(N)(O)c1cc(O)cc(O)c1.O=S(=O)(O)O. The van der Waals surface area contributed by atoms with Crippen molar-refractivity contribution in [1.82, 2.24) is 0 Å². The number of hydrogen-bond donors (Lipinski definition) is 6. The zero-order chi connectivity index (χ0) is 16.1. The van der Waals surface area contributed by atoms with E-state index >= 15 is 0 Å². The van der Waals surface area contributed by atoms with Crippen LogP contribution in [-0.4, -0.2) is 32.8 Å². The first-order chi connectivity index (χ1) is 8.81. The molecule has 20 heavy (non-hydrogen) atoms. The van der Waals surface area contributed by atoms with Gasteiger partial charge in [0.2, 0.25) is 0 Å². The number of rotatable bonds is 3. The van der Waals surface area contributed by atoms with Crippen LogP contribution in [0.25, 0.3) is 0 Å². The molecular weight excluding hydrogens is 290 g/mol. The van der Waals surface area contributed by atoms with Crippen molar-refractivity contribution in [3.63, 3.8) is 0 Å². The van der Waals surface area contributed by atoms with Crippen LogP contribution in [0.1, 0.15) is 25.8 Å². The summed E-state index contributed by atoms with van der Waals surface area (Å²) in [7, 11) is -4.67. The van der Waals surface area contributed by atoms with Gasteiger partial charge in [0.05, 0.1) is 0 Å². The van der Waals surface area contributed by atoms with Crippen molar-refractivity contribution >= 4 is 10.4 Å². The van der Waals surface area contributed by atoms with Gasteiger partial charge in [-0.3, -0.25) is 14.8 Å². The van der Waals surface area contributed by atoms with Gasteiger partial charge in [-0.2, -0.15) is 8.42 Å². The minimum atomic E-state index is -4.67. The minimum Gasteiger partial charge on any atom is -0.508 e. The minimum absolute atomic E-state index is 0.113. The van der Waals surface area contributed by atoms with Gasteiger partial charge in [-0.05, 0) is 24.5 Å². The quantitative estimate of drug-likeness (QED) is 0.349. The highest BCUT2D eigenvalue weighted by Gasteiger charge is 2.25. The summed E-state index contributed by atoms with van der Waals surface area (Å²) in [6.07, 6.45) is 0.357. The summed E-state index contributed by atoms with van der Waals surface area (Å²) in [4.78, 5) is 0. The standard InChI is InChI=1S/C11H17NO3.H2O4S/c1-7(2)6-11(12,15)8-3-9(13)5-10(14)4-8;1-5(2,3)4/h3-5,7,13-15H,6,12H2,1-2H3;(H2,1,2,3,4). The van der Waals surface area contributed by atoms with E-state index in [1.807, 2.05) is 13.8 Å². The van der Waals surface area contributed by atoms with Crippen molar-refractivity contribution in [2.24, 2.45) is 11.7 Å². The second kappa shape index (κ2) is 6.86. The van der Waals surface area contributed by atoms with Crippen LogP contribution < -0.4 is 5.73 Å². The molecule has 8 nitrogen and oxygen atoms in total. The van der Waals surface area contributed by atoms with E-state index < -0.39 is 16.1 Å². The molecule has 1 rings (SSSR count). The topological polar surface area (TPSA) is 161 Å². The maximum absolute atomic E-state index is 9.96. The Balaban J connectivity index is 0.000000621. The molecule has 0 spiro atoms. The van der Waals surface area contributed by atoms with E-state index in [2.05, 4.69) is 0 Å². The summed E-state index contributed by atoms with van der Waals surface area (Å²) < 4.78 is 31.6. The molecule has 0 saturated carbocycles. The summed E-state index contributed by atoms with van der Waals surface area (Å²) >= 11 is 0. The second-order valence-electron chi connectivity index (χ2n) is 4.71. The van der Waals surface area contributed by atoms with Crippen LogP contribution in [0.2, 0.25) is 0 Å². The first kappa shape index (κ1) is 18.6. The zero-order valence-corrected chi connectivity index (χ0v) is 11.9. The summed E-state index contributed by atoms with van der Waals surface area (Å²) in [6, 6.07) is 3.89. The monoisotopic (exact) mass is 309 g/mol. The summed E-state index contributed by atoms with van der Waals surface area (Å²) in [5.74, 6) is -0.0141. The van der Waals surface area contributed by atoms with Gasteiger partial charge in [0.1, 0.15) is 17.2 Å². The Kier molecular flexibility index (Phi) is 6.38. The zero-order valence-electron chi connectivity index (χ0n) is 11.1. The third-order valence-electron chi connectivity index (χ3n) is 2.12. The Morgan fingerprint density at radius 2 is 1.50 bits per heavy atom. The van der Waals surface area contributed by atoms with Crippen molar-refractivity contribution in [3.05, 3.63) is 23.8 Å². The van der Waals surface area contributed by atoms with Crippen molar-refractivity contribution in [2.75, 3.05) is 0 Å². The Morgan fingerprint density at radius 1 is 1.15 bits per heavy atom. The number of phenols is 2. The van der Waals surface area contributed by atoms with Crippen molar-refractivity contribution < 1.29 is 32.8 Å². The molecule has 0 saturated heterocycles. The van der Waals surface area contributed by atoms with Crippen molar-refractivity contribution in [3.8, 4) is 11.5 Å². The third-order valence-corrected chi connectivity index (χ3v) is 2.12. The van der Waals surface area contributed by atoms with E-state index in [4.69, 9.17) is 23.3 Å². The van der Waals surface area contributed by atoms with Gasteiger partial charge >= 0.3 is 10.4 Å². The molecule has 0 aliphatic heterocycles. The van der Waals surface area contributed by atoms with Gasteiger partial charge in [-0.25, -0.2) is 0 Å². The lowest BCUT2D eigenvalue weighted by Gasteiger charge is -2.25. The Bertz CT molecular complexity index is 511. The van der Waals surface area contributed by atoms with Crippen molar-refractivity contribution in [1.29, 1.82) is 0 Å². The molecule has 1 atom stereocenters.